The topological polar surface area (TPSA) is 106 Å². The number of aromatic nitrogens is 4. The summed E-state index contributed by atoms with van der Waals surface area (Å²) in [7, 11) is 4.83. The monoisotopic (exact) mass is 544 g/mol. The molecule has 2 aromatic heterocycles. The minimum absolute atomic E-state index is 0.110. The van der Waals surface area contributed by atoms with Crippen molar-refractivity contribution in [2.75, 3.05) is 47.5 Å². The summed E-state index contributed by atoms with van der Waals surface area (Å²) in [6, 6.07) is 14.1. The summed E-state index contributed by atoms with van der Waals surface area (Å²) in [5, 5.41) is 7.22. The fourth-order valence-electron chi connectivity index (χ4n) is 5.50. The molecular formula is C30H36N6O4. The Morgan fingerprint density at radius 1 is 1.12 bits per heavy atom. The Morgan fingerprint density at radius 3 is 2.62 bits per heavy atom. The molecule has 1 aliphatic rings. The van der Waals surface area contributed by atoms with Crippen molar-refractivity contribution in [1.29, 1.82) is 0 Å². The number of aromatic amines is 1. The molecule has 0 bridgehead atoms. The lowest BCUT2D eigenvalue weighted by Crippen LogP contribution is -2.38. The molecule has 3 heterocycles. The molecule has 210 valence electrons. The third kappa shape index (κ3) is 5.72. The number of nitrogens with zero attached hydrogens (tertiary/aromatic N) is 5. The summed E-state index contributed by atoms with van der Waals surface area (Å²) >= 11 is 0. The molecule has 10 nitrogen and oxygen atoms in total. The predicted octanol–water partition coefficient (Wildman–Crippen LogP) is 4.60. The molecule has 10 heteroatoms. The third-order valence-electron chi connectivity index (χ3n) is 7.79. The van der Waals surface area contributed by atoms with Gasteiger partial charge in [-0.15, -0.1) is 0 Å². The van der Waals surface area contributed by atoms with Gasteiger partial charge in [0.15, 0.2) is 0 Å². The molecule has 0 radical (unpaired) electrons. The van der Waals surface area contributed by atoms with Crippen LogP contribution in [0.2, 0.25) is 0 Å². The molecule has 5 rings (SSSR count). The minimum atomic E-state index is -0.281. The molecule has 1 aliphatic heterocycles. The fraction of sp³-hybridized carbons (Fsp3) is 0.400. The number of carbonyl (C=O) groups is 2. The van der Waals surface area contributed by atoms with E-state index in [1.807, 2.05) is 41.3 Å². The summed E-state index contributed by atoms with van der Waals surface area (Å²) in [5.74, 6) is 0.254. The first-order valence-corrected chi connectivity index (χ1v) is 13.6. The summed E-state index contributed by atoms with van der Waals surface area (Å²) in [6.45, 7) is 2.22. The van der Waals surface area contributed by atoms with Crippen molar-refractivity contribution < 1.29 is 19.1 Å². The second-order valence-corrected chi connectivity index (χ2v) is 10.3. The van der Waals surface area contributed by atoms with Crippen molar-refractivity contribution in [1.82, 2.24) is 29.5 Å². The van der Waals surface area contributed by atoms with Gasteiger partial charge in [0.2, 0.25) is 0 Å². The summed E-state index contributed by atoms with van der Waals surface area (Å²) in [4.78, 5) is 36.7. The molecule has 1 fully saturated rings. The molecule has 1 saturated heterocycles. The van der Waals surface area contributed by atoms with Gasteiger partial charge >= 0.3 is 6.09 Å². The molecule has 2 amide bonds. The lowest BCUT2D eigenvalue weighted by molar-refractivity contribution is 0.0744. The molecule has 0 spiro atoms. The average Bonchev–Trinajstić information content (AvgIpc) is 3.69. The largest absolute Gasteiger partial charge is 0.453 e. The average molecular weight is 545 g/mol. The molecule has 0 saturated carbocycles. The van der Waals surface area contributed by atoms with Gasteiger partial charge in [0, 0.05) is 45.6 Å². The van der Waals surface area contributed by atoms with Crippen molar-refractivity contribution in [3.05, 3.63) is 72.4 Å². The van der Waals surface area contributed by atoms with Gasteiger partial charge in [-0.25, -0.2) is 9.78 Å². The van der Waals surface area contributed by atoms with Crippen LogP contribution < -0.4 is 0 Å². The van der Waals surface area contributed by atoms with E-state index >= 15 is 0 Å². The standard InChI is InChI=1S/C30H36N6O4/c1-34(15-16-39-2)29(37)25-19-36(33-28(25)24-10-6-8-22-7-4-5-9-23(22)24)27(26-18-31-20-32-26)17-21-11-13-35(14-12-21)30(38)40-3/h4-10,18-21,27H,11-17H2,1-3H3,(H,31,32). The second kappa shape index (κ2) is 12.3. The Bertz CT molecular complexity index is 1440. The van der Waals surface area contributed by atoms with Gasteiger partial charge in [-0.3, -0.25) is 9.48 Å². The first-order valence-electron chi connectivity index (χ1n) is 13.6. The number of methoxy groups -OCH3 is 2. The number of carbonyl (C=O) groups excluding carboxylic acids is 2. The number of rotatable bonds is 9. The minimum Gasteiger partial charge on any atom is -0.453 e. The first kappa shape index (κ1) is 27.4. The van der Waals surface area contributed by atoms with E-state index in [4.69, 9.17) is 14.6 Å². The van der Waals surface area contributed by atoms with Crippen LogP contribution in [0.25, 0.3) is 22.0 Å². The van der Waals surface area contributed by atoms with E-state index in [-0.39, 0.29) is 18.0 Å². The Balaban J connectivity index is 1.53. The second-order valence-electron chi connectivity index (χ2n) is 10.3. The van der Waals surface area contributed by atoms with Gasteiger partial charge in [0.25, 0.3) is 5.91 Å². The van der Waals surface area contributed by atoms with E-state index in [1.165, 1.54) is 7.11 Å². The lowest BCUT2D eigenvalue weighted by atomic mass is 9.89. The molecule has 1 N–H and O–H groups in total. The number of hydrogen-bond donors (Lipinski definition) is 1. The van der Waals surface area contributed by atoms with E-state index in [1.54, 1.807) is 30.3 Å². The van der Waals surface area contributed by atoms with Crippen LogP contribution in [0.1, 0.15) is 41.4 Å². The number of likely N-dealkylation sites (tertiary alicyclic amines) is 1. The number of piperidine rings is 1. The van der Waals surface area contributed by atoms with E-state index < -0.39 is 0 Å². The number of nitrogens with one attached hydrogen (secondary N) is 1. The highest BCUT2D eigenvalue weighted by atomic mass is 16.5. The van der Waals surface area contributed by atoms with E-state index in [9.17, 15) is 9.59 Å². The van der Waals surface area contributed by atoms with E-state index in [0.717, 1.165) is 41.3 Å². The predicted molar refractivity (Wildman–Crippen MR) is 152 cm³/mol. The molecule has 2 aromatic carbocycles. The highest BCUT2D eigenvalue weighted by Crippen LogP contribution is 2.35. The van der Waals surface area contributed by atoms with Gasteiger partial charge < -0.3 is 24.3 Å². The number of fused-ring (bicyclic) bond motifs is 1. The number of benzene rings is 2. The Kier molecular flexibility index (Phi) is 8.45. The zero-order valence-electron chi connectivity index (χ0n) is 23.2. The zero-order valence-corrected chi connectivity index (χ0v) is 23.2. The van der Waals surface area contributed by atoms with Crippen LogP contribution in [-0.2, 0) is 9.47 Å². The Labute approximate surface area is 233 Å². The van der Waals surface area contributed by atoms with Crippen LogP contribution >= 0.6 is 0 Å². The van der Waals surface area contributed by atoms with Gasteiger partial charge in [-0.1, -0.05) is 42.5 Å². The summed E-state index contributed by atoms with van der Waals surface area (Å²) in [6.07, 6.45) is 7.60. The van der Waals surface area contributed by atoms with E-state index in [0.29, 0.717) is 43.4 Å². The molecule has 0 aliphatic carbocycles. The molecule has 1 unspecified atom stereocenters. The number of hydrogen-bond acceptors (Lipinski definition) is 6. The lowest BCUT2D eigenvalue weighted by Gasteiger charge is -2.32. The van der Waals surface area contributed by atoms with Crippen molar-refractivity contribution in [2.24, 2.45) is 5.92 Å². The van der Waals surface area contributed by atoms with Crippen molar-refractivity contribution in [3.63, 3.8) is 0 Å². The quantitative estimate of drug-likeness (QED) is 0.330. The maximum absolute atomic E-state index is 13.8. The molecular weight excluding hydrogens is 508 g/mol. The van der Waals surface area contributed by atoms with Crippen molar-refractivity contribution >= 4 is 22.8 Å². The smallest absolute Gasteiger partial charge is 0.409 e. The normalized spacial score (nSPS) is 14.8. The van der Waals surface area contributed by atoms with Crippen molar-refractivity contribution in [2.45, 2.75) is 25.3 Å². The van der Waals surface area contributed by atoms with Crippen LogP contribution in [0.5, 0.6) is 0 Å². The van der Waals surface area contributed by atoms with Crippen LogP contribution in [0.15, 0.2) is 61.2 Å². The molecule has 1 atom stereocenters. The van der Waals surface area contributed by atoms with Crippen LogP contribution in [-0.4, -0.2) is 89.1 Å². The number of likely N-dealkylation sites (N-methyl/N-ethyl adjacent to an activating group) is 1. The third-order valence-corrected chi connectivity index (χ3v) is 7.79. The molecule has 40 heavy (non-hydrogen) atoms. The number of amides is 2. The van der Waals surface area contributed by atoms with Crippen LogP contribution in [0, 0.1) is 5.92 Å². The van der Waals surface area contributed by atoms with Gasteiger partial charge in [0.05, 0.1) is 43.5 Å². The van der Waals surface area contributed by atoms with Crippen molar-refractivity contribution in [3.8, 4) is 11.3 Å². The van der Waals surface area contributed by atoms with E-state index in [2.05, 4.69) is 28.2 Å². The van der Waals surface area contributed by atoms with Gasteiger partial charge in [0.1, 0.15) is 5.69 Å². The number of ether oxygens (including phenoxy) is 2. The van der Waals surface area contributed by atoms with Crippen LogP contribution in [0.4, 0.5) is 4.79 Å². The Morgan fingerprint density at radius 2 is 1.90 bits per heavy atom. The number of H-pyrrole nitrogens is 1. The fourth-order valence-corrected chi connectivity index (χ4v) is 5.50. The first-order chi connectivity index (χ1) is 19.5. The number of imidazole rings is 1. The highest BCUT2D eigenvalue weighted by molar-refractivity contribution is 6.04. The van der Waals surface area contributed by atoms with Gasteiger partial charge in [-0.2, -0.15) is 5.10 Å². The maximum atomic E-state index is 13.8. The van der Waals surface area contributed by atoms with Crippen LogP contribution in [0.3, 0.4) is 0 Å². The van der Waals surface area contributed by atoms with Gasteiger partial charge in [-0.05, 0) is 36.0 Å². The zero-order chi connectivity index (χ0) is 28.1. The highest BCUT2D eigenvalue weighted by Gasteiger charge is 2.30. The maximum Gasteiger partial charge on any atom is 0.409 e. The molecule has 4 aromatic rings. The SMILES string of the molecule is COCCN(C)C(=O)c1cn(C(CC2CCN(C(=O)OC)CC2)c2cnc[nH]2)nc1-c1cccc2ccccc12. The summed E-state index contributed by atoms with van der Waals surface area (Å²) < 4.78 is 12.0. The Hall–Kier alpha value is -4.18. The summed E-state index contributed by atoms with van der Waals surface area (Å²) in [5.41, 5.74) is 3.03.